The Bertz CT molecular complexity index is 444. The summed E-state index contributed by atoms with van der Waals surface area (Å²) in [6.45, 7) is 2.95. The van der Waals surface area contributed by atoms with Crippen molar-refractivity contribution in [1.82, 2.24) is 14.5 Å². The summed E-state index contributed by atoms with van der Waals surface area (Å²) in [5, 5.41) is 0. The highest BCUT2D eigenvalue weighted by molar-refractivity contribution is 5.77. The van der Waals surface area contributed by atoms with E-state index in [-0.39, 0.29) is 18.6 Å². The molecule has 2 rings (SSSR count). The van der Waals surface area contributed by atoms with Crippen LogP contribution in [0, 0.1) is 5.92 Å². The van der Waals surface area contributed by atoms with Gasteiger partial charge in [0.2, 0.25) is 5.91 Å². The van der Waals surface area contributed by atoms with E-state index in [0.717, 1.165) is 18.7 Å². The lowest BCUT2D eigenvalue weighted by Crippen LogP contribution is -2.33. The molecule has 0 bridgehead atoms. The lowest BCUT2D eigenvalue weighted by atomic mass is 9.89. The molecule has 1 aromatic rings. The molecular weight excluding hydrogens is 254 g/mol. The summed E-state index contributed by atoms with van der Waals surface area (Å²) in [7, 11) is 3.73. The lowest BCUT2D eigenvalue weighted by molar-refractivity contribution is -0.138. The number of aryl methyl sites for hydroxylation is 1. The minimum absolute atomic E-state index is 0.0197. The number of amides is 1. The predicted octanol–water partition coefficient (Wildman–Crippen LogP) is 1.97. The molecule has 1 aliphatic carbocycles. The highest BCUT2D eigenvalue weighted by atomic mass is 16.5. The van der Waals surface area contributed by atoms with Crippen molar-refractivity contribution in [1.29, 1.82) is 0 Å². The van der Waals surface area contributed by atoms with Crippen LogP contribution in [-0.2, 0) is 23.1 Å². The van der Waals surface area contributed by atoms with Gasteiger partial charge in [-0.15, -0.1) is 0 Å². The van der Waals surface area contributed by atoms with E-state index in [1.807, 2.05) is 17.8 Å². The Labute approximate surface area is 120 Å². The highest BCUT2D eigenvalue weighted by Crippen LogP contribution is 2.25. The fourth-order valence-corrected chi connectivity index (χ4v) is 2.68. The molecule has 0 N–H and O–H groups in total. The third-order valence-electron chi connectivity index (χ3n) is 4.06. The molecule has 0 radical (unpaired) electrons. The number of rotatable bonds is 5. The maximum absolute atomic E-state index is 12.1. The molecule has 5 heteroatoms. The topological polar surface area (TPSA) is 47.4 Å². The second-order valence-corrected chi connectivity index (χ2v) is 5.91. The summed E-state index contributed by atoms with van der Waals surface area (Å²) in [6.07, 6.45) is 8.54. The average Bonchev–Trinajstić information content (AvgIpc) is 2.81. The zero-order chi connectivity index (χ0) is 14.5. The van der Waals surface area contributed by atoms with Crippen LogP contribution in [0.15, 0.2) is 12.4 Å². The first-order valence-electron chi connectivity index (χ1n) is 7.38. The maximum Gasteiger partial charge on any atom is 0.248 e. The predicted molar refractivity (Wildman–Crippen MR) is 77.1 cm³/mol. The van der Waals surface area contributed by atoms with Gasteiger partial charge in [0, 0.05) is 26.5 Å². The van der Waals surface area contributed by atoms with Gasteiger partial charge in [-0.3, -0.25) is 4.79 Å². The minimum Gasteiger partial charge on any atom is -0.368 e. The largest absolute Gasteiger partial charge is 0.368 e. The van der Waals surface area contributed by atoms with Crippen molar-refractivity contribution in [3.63, 3.8) is 0 Å². The van der Waals surface area contributed by atoms with E-state index < -0.39 is 0 Å². The molecule has 0 aromatic carbocycles. The van der Waals surface area contributed by atoms with Gasteiger partial charge in [-0.1, -0.05) is 19.8 Å². The molecule has 2 atom stereocenters. The van der Waals surface area contributed by atoms with Crippen molar-refractivity contribution in [2.45, 2.75) is 45.3 Å². The van der Waals surface area contributed by atoms with Crippen LogP contribution in [0.25, 0.3) is 0 Å². The Kier molecular flexibility index (Phi) is 5.17. The Morgan fingerprint density at radius 1 is 1.55 bits per heavy atom. The van der Waals surface area contributed by atoms with E-state index in [2.05, 4.69) is 11.9 Å². The molecule has 0 unspecified atom stereocenters. The van der Waals surface area contributed by atoms with Gasteiger partial charge in [0.25, 0.3) is 0 Å². The van der Waals surface area contributed by atoms with Crippen LogP contribution < -0.4 is 0 Å². The van der Waals surface area contributed by atoms with Gasteiger partial charge in [0.1, 0.15) is 12.4 Å². The molecule has 1 aliphatic rings. The van der Waals surface area contributed by atoms with Crippen molar-refractivity contribution in [2.24, 2.45) is 13.0 Å². The zero-order valence-corrected chi connectivity index (χ0v) is 12.7. The summed E-state index contributed by atoms with van der Waals surface area (Å²) in [4.78, 5) is 18.0. The molecule has 0 spiro atoms. The van der Waals surface area contributed by atoms with E-state index in [1.165, 1.54) is 12.8 Å². The fourth-order valence-electron chi connectivity index (χ4n) is 2.68. The van der Waals surface area contributed by atoms with Crippen LogP contribution in [0.2, 0.25) is 0 Å². The van der Waals surface area contributed by atoms with Gasteiger partial charge in [-0.05, 0) is 18.8 Å². The van der Waals surface area contributed by atoms with Gasteiger partial charge in [0.05, 0.1) is 12.6 Å². The molecule has 0 saturated heterocycles. The zero-order valence-electron chi connectivity index (χ0n) is 12.7. The van der Waals surface area contributed by atoms with Gasteiger partial charge in [-0.2, -0.15) is 0 Å². The summed E-state index contributed by atoms with van der Waals surface area (Å²) in [5.41, 5.74) is 0. The first-order valence-corrected chi connectivity index (χ1v) is 7.38. The van der Waals surface area contributed by atoms with Gasteiger partial charge < -0.3 is 14.2 Å². The van der Waals surface area contributed by atoms with Crippen LogP contribution in [0.4, 0.5) is 0 Å². The van der Waals surface area contributed by atoms with E-state index in [0.29, 0.717) is 12.5 Å². The molecule has 0 aliphatic heterocycles. The molecule has 1 heterocycles. The monoisotopic (exact) mass is 279 g/mol. The van der Waals surface area contributed by atoms with E-state index in [9.17, 15) is 4.79 Å². The van der Waals surface area contributed by atoms with E-state index >= 15 is 0 Å². The average molecular weight is 279 g/mol. The number of aromatic nitrogens is 2. The quantitative estimate of drug-likeness (QED) is 0.828. The third-order valence-corrected chi connectivity index (χ3v) is 4.06. The van der Waals surface area contributed by atoms with Crippen molar-refractivity contribution in [3.8, 4) is 0 Å². The lowest BCUT2D eigenvalue weighted by Gasteiger charge is -2.27. The second kappa shape index (κ2) is 6.88. The van der Waals surface area contributed by atoms with Crippen LogP contribution in [0.1, 0.15) is 38.4 Å². The van der Waals surface area contributed by atoms with Gasteiger partial charge in [-0.25, -0.2) is 4.98 Å². The summed E-state index contributed by atoms with van der Waals surface area (Å²) in [6, 6.07) is 0. The molecule has 20 heavy (non-hydrogen) atoms. The van der Waals surface area contributed by atoms with Crippen LogP contribution in [-0.4, -0.2) is 40.1 Å². The summed E-state index contributed by atoms with van der Waals surface area (Å²) in [5.74, 6) is 1.62. The number of imidazole rings is 1. The summed E-state index contributed by atoms with van der Waals surface area (Å²) < 4.78 is 7.69. The molecule has 112 valence electrons. The standard InChI is InChI=1S/C15H25N3O2/c1-12-5-4-6-13(9-12)20-11-15(19)18(3)10-14-16-7-8-17(14)2/h7-8,12-13H,4-6,9-11H2,1-3H3/t12-,13+/m0/s1. The normalized spacial score (nSPS) is 22.8. The van der Waals surface area contributed by atoms with Crippen LogP contribution in [0.3, 0.4) is 0 Å². The SMILES string of the molecule is C[C@H]1CCC[C@@H](OCC(=O)N(C)Cc2nccn2C)C1. The number of hydrogen-bond donors (Lipinski definition) is 0. The summed E-state index contributed by atoms with van der Waals surface area (Å²) >= 11 is 0. The molecule has 1 saturated carbocycles. The van der Waals surface area contributed by atoms with Crippen molar-refractivity contribution in [2.75, 3.05) is 13.7 Å². The van der Waals surface area contributed by atoms with Crippen molar-refractivity contribution < 1.29 is 9.53 Å². The second-order valence-electron chi connectivity index (χ2n) is 5.91. The van der Waals surface area contributed by atoms with E-state index in [1.54, 1.807) is 18.1 Å². The molecule has 1 fully saturated rings. The molecular formula is C15H25N3O2. The molecule has 5 nitrogen and oxygen atoms in total. The Balaban J connectivity index is 1.75. The van der Waals surface area contributed by atoms with Crippen molar-refractivity contribution in [3.05, 3.63) is 18.2 Å². The van der Waals surface area contributed by atoms with Crippen molar-refractivity contribution >= 4 is 5.91 Å². The number of nitrogens with zero attached hydrogens (tertiary/aromatic N) is 3. The first kappa shape index (κ1) is 15.0. The maximum atomic E-state index is 12.1. The molecule has 1 amide bonds. The number of hydrogen-bond acceptors (Lipinski definition) is 3. The Hall–Kier alpha value is -1.36. The minimum atomic E-state index is 0.0197. The first-order chi connectivity index (χ1) is 9.56. The molecule has 1 aromatic heterocycles. The Morgan fingerprint density at radius 3 is 3.00 bits per heavy atom. The van der Waals surface area contributed by atoms with Gasteiger partial charge in [0.15, 0.2) is 0 Å². The van der Waals surface area contributed by atoms with Crippen LogP contribution in [0.5, 0.6) is 0 Å². The number of carbonyl (C=O) groups excluding carboxylic acids is 1. The van der Waals surface area contributed by atoms with E-state index in [4.69, 9.17) is 4.74 Å². The smallest absolute Gasteiger partial charge is 0.248 e. The van der Waals surface area contributed by atoms with Crippen LogP contribution >= 0.6 is 0 Å². The Morgan fingerprint density at radius 2 is 2.35 bits per heavy atom. The van der Waals surface area contributed by atoms with Gasteiger partial charge >= 0.3 is 0 Å². The highest BCUT2D eigenvalue weighted by Gasteiger charge is 2.21. The number of carbonyl (C=O) groups is 1. The number of ether oxygens (including phenoxy) is 1. The third kappa shape index (κ3) is 4.07. The fraction of sp³-hybridized carbons (Fsp3) is 0.733. The number of likely N-dealkylation sites (N-methyl/N-ethyl adjacent to an activating group) is 1.